The van der Waals surface area contributed by atoms with Crippen molar-refractivity contribution in [2.75, 3.05) is 6.54 Å². The second-order valence-corrected chi connectivity index (χ2v) is 20.8. The van der Waals surface area contributed by atoms with Gasteiger partial charge in [-0.3, -0.25) is 28.9 Å². The number of aryl methyl sites for hydroxylation is 1. The molecule has 61 heavy (non-hydrogen) atoms. The van der Waals surface area contributed by atoms with Crippen molar-refractivity contribution in [3.63, 3.8) is 0 Å². The quantitative estimate of drug-likeness (QED) is 0.0997. The lowest BCUT2D eigenvalue weighted by atomic mass is 9.86. The van der Waals surface area contributed by atoms with Crippen molar-refractivity contribution in [3.05, 3.63) is 129 Å². The number of fused-ring (bicyclic) bond motifs is 5. The van der Waals surface area contributed by atoms with Gasteiger partial charge < -0.3 is 24.2 Å². The van der Waals surface area contributed by atoms with Gasteiger partial charge in [-0.05, 0) is 63.6 Å². The zero-order valence-corrected chi connectivity index (χ0v) is 35.6. The number of pyridine rings is 2. The van der Waals surface area contributed by atoms with Gasteiger partial charge in [-0.15, -0.1) is 0 Å². The summed E-state index contributed by atoms with van der Waals surface area (Å²) >= 11 is 0. The molecule has 13 nitrogen and oxygen atoms in total. The molecule has 0 spiro atoms. The first-order chi connectivity index (χ1) is 29.2. The van der Waals surface area contributed by atoms with Gasteiger partial charge in [0.05, 0.1) is 29.0 Å². The van der Waals surface area contributed by atoms with Crippen molar-refractivity contribution >= 4 is 59.3 Å². The molecule has 8 rings (SSSR count). The summed E-state index contributed by atoms with van der Waals surface area (Å²) in [6, 6.07) is 26.4. The Morgan fingerprint density at radius 2 is 1.61 bits per heavy atom. The highest BCUT2D eigenvalue weighted by molar-refractivity contribution is 7.00. The maximum atomic E-state index is 14.3. The first kappa shape index (κ1) is 41.1. The average molecular weight is 839 g/mol. The van der Waals surface area contributed by atoms with Crippen LogP contribution in [-0.2, 0) is 48.3 Å². The lowest BCUT2D eigenvalue weighted by molar-refractivity contribution is -0.155. The Kier molecular flexibility index (Phi) is 10.6. The number of aromatic nitrogens is 2. The van der Waals surface area contributed by atoms with E-state index in [1.54, 1.807) is 17.6 Å². The fraction of sp³-hybridized carbons (Fsp3) is 0.298. The van der Waals surface area contributed by atoms with Crippen LogP contribution in [0.3, 0.4) is 0 Å². The van der Waals surface area contributed by atoms with E-state index in [-0.39, 0.29) is 35.9 Å². The molecule has 5 heterocycles. The number of carbonyl (C=O) groups is 5. The lowest BCUT2D eigenvalue weighted by Gasteiger charge is -2.43. The molecule has 3 amide bonds. The molecular formula is C47H46N4O9Si. The minimum Gasteiger partial charge on any atom is -0.534 e. The number of hydrogen-bond acceptors (Lipinski definition) is 9. The molecule has 3 aromatic carbocycles. The van der Waals surface area contributed by atoms with Gasteiger partial charge in [-0.2, -0.15) is 0 Å². The van der Waals surface area contributed by atoms with Crippen LogP contribution >= 0.6 is 0 Å². The summed E-state index contributed by atoms with van der Waals surface area (Å²) < 4.78 is 14.3. The van der Waals surface area contributed by atoms with E-state index in [1.165, 1.54) is 6.08 Å². The summed E-state index contributed by atoms with van der Waals surface area (Å²) in [5.74, 6) is -5.18. The average Bonchev–Trinajstić information content (AvgIpc) is 3.75. The Morgan fingerprint density at radius 3 is 2.20 bits per heavy atom. The van der Waals surface area contributed by atoms with Gasteiger partial charge in [0.2, 0.25) is 5.91 Å². The highest BCUT2D eigenvalue weighted by Gasteiger charge is 2.52. The van der Waals surface area contributed by atoms with E-state index in [9.17, 15) is 33.9 Å². The number of nitrogens with zero attached hydrogens (tertiary/aromatic N) is 3. The maximum absolute atomic E-state index is 14.3. The van der Waals surface area contributed by atoms with E-state index >= 15 is 0 Å². The minimum absolute atomic E-state index is 0.108. The molecule has 3 aliphatic heterocycles. The van der Waals surface area contributed by atoms with Crippen molar-refractivity contribution in [1.29, 1.82) is 0 Å². The molecule has 2 atom stereocenters. The number of imide groups is 1. The van der Waals surface area contributed by atoms with Gasteiger partial charge in [-0.1, -0.05) is 95.3 Å². The number of carboxylic acids is 1. The molecule has 0 saturated heterocycles. The number of carboxylic acid groups (broad SMARTS) is 1. The first-order valence-electron chi connectivity index (χ1n) is 20.5. The van der Waals surface area contributed by atoms with E-state index < -0.39 is 61.9 Å². The van der Waals surface area contributed by atoms with Crippen LogP contribution in [0.5, 0.6) is 5.75 Å². The van der Waals surface area contributed by atoms with Crippen LogP contribution in [0.4, 0.5) is 0 Å². The molecule has 0 aliphatic carbocycles. The van der Waals surface area contributed by atoms with E-state index in [1.807, 2.05) is 61.5 Å². The Balaban J connectivity index is 1.15. The third kappa shape index (κ3) is 6.94. The summed E-state index contributed by atoms with van der Waals surface area (Å²) in [7, 11) is -2.97. The Hall–Kier alpha value is -6.67. The number of ether oxygens (including phenoxy) is 1. The van der Waals surface area contributed by atoms with Crippen LogP contribution in [0.2, 0.25) is 5.04 Å². The maximum Gasteiger partial charge on any atom is 0.327 e. The Bertz CT molecular complexity index is 2700. The third-order valence-electron chi connectivity index (χ3n) is 12.1. The zero-order chi connectivity index (χ0) is 43.4. The monoisotopic (exact) mass is 838 g/mol. The smallest absolute Gasteiger partial charge is 0.327 e. The number of benzene rings is 3. The second-order valence-electron chi connectivity index (χ2n) is 16.6. The predicted octanol–water partition coefficient (Wildman–Crippen LogP) is 4.73. The number of rotatable bonds is 12. The number of aliphatic carboxylic acids is 1. The van der Waals surface area contributed by atoms with Gasteiger partial charge in [0, 0.05) is 35.6 Å². The molecule has 2 N–H and O–H groups in total. The predicted molar refractivity (Wildman–Crippen MR) is 230 cm³/mol. The molecule has 5 aromatic rings. The minimum atomic E-state index is -2.97. The van der Waals surface area contributed by atoms with Gasteiger partial charge >= 0.3 is 20.3 Å². The van der Waals surface area contributed by atoms with E-state index in [0.717, 1.165) is 31.8 Å². The topological polar surface area (TPSA) is 174 Å². The fourth-order valence-electron chi connectivity index (χ4n) is 9.11. The molecular weight excluding hydrogens is 793 g/mol. The highest BCUT2D eigenvalue weighted by atomic mass is 28.4. The summed E-state index contributed by atoms with van der Waals surface area (Å²) in [6.45, 7) is 9.98. The fourth-order valence-corrected chi connectivity index (χ4v) is 13.5. The number of esters is 1. The lowest BCUT2D eigenvalue weighted by Crippen LogP contribution is -2.68. The first-order valence-corrected chi connectivity index (χ1v) is 22.4. The van der Waals surface area contributed by atoms with E-state index in [4.69, 9.17) is 14.1 Å². The standard InChI is InChI=1S/C47H46N4O9Si/c1-6-27-22-39(53)50(43(27)54)21-20-38(52)49-42(45(56)57)40-33-24-37-41-34(25-51(37)44(55)35(33)26-59-46(40)58)31(7-2)32-23-28(18-19-36(32)48-41)60-61(47(3,4)5,29-14-10-8-11-15-29)30-16-12-9-13-17-30/h8-19,22-24,40,42H,6-7,20-21,25-26H2,1-5H3,(H,49,52)(H,56,57)/t40?,42-/m0/s1. The molecule has 0 radical (unpaired) electrons. The van der Waals surface area contributed by atoms with Crippen molar-refractivity contribution in [2.45, 2.75) is 84.0 Å². The summed E-state index contributed by atoms with van der Waals surface area (Å²) in [4.78, 5) is 84.6. The Morgan fingerprint density at radius 1 is 0.934 bits per heavy atom. The summed E-state index contributed by atoms with van der Waals surface area (Å²) in [5, 5.41) is 15.7. The van der Waals surface area contributed by atoms with Crippen molar-refractivity contribution in [3.8, 4) is 17.1 Å². The van der Waals surface area contributed by atoms with E-state index in [0.29, 0.717) is 41.1 Å². The van der Waals surface area contributed by atoms with Crippen LogP contribution in [0.15, 0.2) is 101 Å². The highest BCUT2D eigenvalue weighted by Crippen LogP contribution is 2.42. The van der Waals surface area contributed by atoms with Crippen LogP contribution in [0.25, 0.3) is 22.3 Å². The number of hydrogen-bond donors (Lipinski definition) is 2. The van der Waals surface area contributed by atoms with Crippen LogP contribution < -0.4 is 25.7 Å². The largest absolute Gasteiger partial charge is 0.534 e. The molecule has 312 valence electrons. The second kappa shape index (κ2) is 15.7. The third-order valence-corrected chi connectivity index (χ3v) is 17.0. The van der Waals surface area contributed by atoms with Gasteiger partial charge in [0.15, 0.2) is 0 Å². The number of carbonyl (C=O) groups excluding carboxylic acids is 4. The van der Waals surface area contributed by atoms with Crippen molar-refractivity contribution in [1.82, 2.24) is 19.8 Å². The van der Waals surface area contributed by atoms with Gasteiger partial charge in [0.25, 0.3) is 17.4 Å². The van der Waals surface area contributed by atoms with Crippen LogP contribution in [0, 0.1) is 0 Å². The summed E-state index contributed by atoms with van der Waals surface area (Å²) in [5.41, 5.74) is 3.54. The molecule has 1 unspecified atom stereocenters. The SMILES string of the molecule is CCC1=CC(=O)N(CCC(=O)N[C@H](C(=O)O)C2C(=O)OCc3c2cc2n(c3=O)Cc3c-2nc2ccc(O[Si](c4ccccc4)(c4ccccc4)C(C)(C)C)cc2c3CC)C1=O. The molecule has 0 bridgehead atoms. The number of amides is 3. The molecule has 0 saturated carbocycles. The zero-order valence-electron chi connectivity index (χ0n) is 34.6. The molecule has 0 fully saturated rings. The van der Waals surface area contributed by atoms with Gasteiger partial charge in [-0.25, -0.2) is 9.78 Å². The van der Waals surface area contributed by atoms with Gasteiger partial charge in [0.1, 0.15) is 24.3 Å². The van der Waals surface area contributed by atoms with Crippen LogP contribution in [-0.4, -0.2) is 70.1 Å². The van der Waals surface area contributed by atoms with E-state index in [2.05, 4.69) is 50.4 Å². The molecule has 2 aromatic heterocycles. The molecule has 3 aliphatic rings. The number of nitrogens with one attached hydrogen (secondary N) is 1. The normalized spacial score (nSPS) is 16.4. The van der Waals surface area contributed by atoms with Crippen molar-refractivity contribution in [2.24, 2.45) is 0 Å². The Labute approximate surface area is 353 Å². The summed E-state index contributed by atoms with van der Waals surface area (Å²) in [6.07, 6.45) is 1.77. The number of cyclic esters (lactones) is 1. The van der Waals surface area contributed by atoms with Crippen molar-refractivity contribution < 1.29 is 38.2 Å². The van der Waals surface area contributed by atoms with Crippen LogP contribution in [0.1, 0.15) is 75.6 Å². The molecule has 14 heteroatoms.